The highest BCUT2D eigenvalue weighted by atomic mass is 35.5. The van der Waals surface area contributed by atoms with Gasteiger partial charge in [0.25, 0.3) is 5.91 Å². The van der Waals surface area contributed by atoms with Crippen molar-refractivity contribution in [3.63, 3.8) is 0 Å². The van der Waals surface area contributed by atoms with Gasteiger partial charge in [-0.25, -0.2) is 0 Å². The molecular weight excluding hydrogens is 254 g/mol. The summed E-state index contributed by atoms with van der Waals surface area (Å²) in [5, 5.41) is 2.73. The van der Waals surface area contributed by atoms with Gasteiger partial charge in [-0.05, 0) is 30.7 Å². The summed E-state index contributed by atoms with van der Waals surface area (Å²) in [6.07, 6.45) is 0.678. The van der Waals surface area contributed by atoms with Crippen LogP contribution >= 0.6 is 11.6 Å². The number of hydrogen-bond acceptors (Lipinski definition) is 3. The van der Waals surface area contributed by atoms with E-state index in [1.54, 1.807) is 38.5 Å². The Morgan fingerprint density at radius 2 is 2.00 bits per heavy atom. The van der Waals surface area contributed by atoms with Crippen LogP contribution in [0.4, 0.5) is 0 Å². The molecule has 1 aromatic carbocycles. The van der Waals surface area contributed by atoms with Crippen molar-refractivity contribution in [2.24, 2.45) is 0 Å². The van der Waals surface area contributed by atoms with Gasteiger partial charge in [0.2, 0.25) is 0 Å². The van der Waals surface area contributed by atoms with Crippen molar-refractivity contribution in [1.29, 1.82) is 0 Å². The second-order valence-electron chi connectivity index (χ2n) is 3.83. The molecule has 0 spiro atoms. The van der Waals surface area contributed by atoms with Crippen LogP contribution in [0, 0.1) is 0 Å². The maximum Gasteiger partial charge on any atom is 0.251 e. The second kappa shape index (κ2) is 7.95. The van der Waals surface area contributed by atoms with E-state index in [4.69, 9.17) is 21.1 Å². The molecule has 100 valence electrons. The number of nitrogens with one attached hydrogen (secondary N) is 1. The van der Waals surface area contributed by atoms with Crippen molar-refractivity contribution in [2.45, 2.75) is 11.8 Å². The molecule has 1 amide bonds. The molecule has 18 heavy (non-hydrogen) atoms. The number of ether oxygens (including phenoxy) is 2. The Bertz CT molecular complexity index is 367. The molecule has 0 aliphatic heterocycles. The summed E-state index contributed by atoms with van der Waals surface area (Å²) < 4.78 is 9.94. The normalized spacial score (nSPS) is 11.9. The Kier molecular flexibility index (Phi) is 6.54. The molecule has 0 aliphatic rings. The van der Waals surface area contributed by atoms with E-state index < -0.39 is 0 Å². The molecule has 1 aromatic rings. The first-order valence-corrected chi connectivity index (χ1v) is 6.16. The first-order valence-electron chi connectivity index (χ1n) is 5.72. The van der Waals surface area contributed by atoms with E-state index in [1.807, 2.05) is 0 Å². The maximum atomic E-state index is 11.8. The Hall–Kier alpha value is -1.26. The third-order valence-electron chi connectivity index (χ3n) is 2.44. The number of carbonyl (C=O) groups is 1. The van der Waals surface area contributed by atoms with Crippen molar-refractivity contribution < 1.29 is 14.3 Å². The lowest BCUT2D eigenvalue weighted by molar-refractivity contribution is 0.0951. The Labute approximate surface area is 112 Å². The van der Waals surface area contributed by atoms with Crippen LogP contribution < -0.4 is 10.1 Å². The molecule has 1 unspecified atom stereocenters. The fraction of sp³-hybridized carbons (Fsp3) is 0.462. The van der Waals surface area contributed by atoms with Crippen LogP contribution in [-0.2, 0) is 4.74 Å². The maximum absolute atomic E-state index is 11.8. The fourth-order valence-electron chi connectivity index (χ4n) is 1.45. The number of benzene rings is 1. The van der Waals surface area contributed by atoms with E-state index in [1.165, 1.54) is 0 Å². The highest BCUT2D eigenvalue weighted by Gasteiger charge is 2.07. The smallest absolute Gasteiger partial charge is 0.251 e. The SMILES string of the molecule is COCC(Cl)CCNC(=O)c1ccc(OC)cc1. The van der Waals surface area contributed by atoms with Crippen LogP contribution in [-0.4, -0.2) is 38.7 Å². The van der Waals surface area contributed by atoms with Gasteiger partial charge in [0.05, 0.1) is 19.1 Å². The Morgan fingerprint density at radius 3 is 2.56 bits per heavy atom. The predicted octanol–water partition coefficient (Wildman–Crippen LogP) is 2.07. The van der Waals surface area contributed by atoms with E-state index in [9.17, 15) is 4.79 Å². The molecular formula is C13H18ClNO3. The summed E-state index contributed by atoms with van der Waals surface area (Å²) in [5.74, 6) is 0.617. The van der Waals surface area contributed by atoms with Gasteiger partial charge >= 0.3 is 0 Å². The largest absolute Gasteiger partial charge is 0.497 e. The van der Waals surface area contributed by atoms with Crippen molar-refractivity contribution in [3.05, 3.63) is 29.8 Å². The van der Waals surface area contributed by atoms with Crippen molar-refractivity contribution in [2.75, 3.05) is 27.4 Å². The van der Waals surface area contributed by atoms with Gasteiger partial charge < -0.3 is 14.8 Å². The standard InChI is InChI=1S/C13H18ClNO3/c1-17-9-11(14)7-8-15-13(16)10-3-5-12(18-2)6-4-10/h3-6,11H,7-9H2,1-2H3,(H,15,16). The minimum atomic E-state index is -0.112. The van der Waals surface area contributed by atoms with Crippen LogP contribution in [0.25, 0.3) is 0 Å². The number of halogens is 1. The fourth-order valence-corrected chi connectivity index (χ4v) is 1.69. The molecule has 0 saturated heterocycles. The molecule has 5 heteroatoms. The van der Waals surface area contributed by atoms with Crippen LogP contribution in [0.2, 0.25) is 0 Å². The molecule has 0 heterocycles. The predicted molar refractivity (Wildman–Crippen MR) is 71.5 cm³/mol. The number of carbonyl (C=O) groups excluding carboxylic acids is 1. The Balaban J connectivity index is 2.35. The zero-order valence-electron chi connectivity index (χ0n) is 10.6. The monoisotopic (exact) mass is 271 g/mol. The van der Waals surface area contributed by atoms with E-state index in [2.05, 4.69) is 5.32 Å². The highest BCUT2D eigenvalue weighted by molar-refractivity contribution is 6.20. The zero-order chi connectivity index (χ0) is 13.4. The average Bonchev–Trinajstić information content (AvgIpc) is 2.39. The second-order valence-corrected chi connectivity index (χ2v) is 4.44. The van der Waals surface area contributed by atoms with Gasteiger partial charge in [0.15, 0.2) is 0 Å². The molecule has 0 bridgehead atoms. The van der Waals surface area contributed by atoms with Gasteiger partial charge in [-0.3, -0.25) is 4.79 Å². The number of rotatable bonds is 7. The van der Waals surface area contributed by atoms with Crippen molar-refractivity contribution in [3.8, 4) is 5.75 Å². The first kappa shape index (κ1) is 14.8. The number of hydrogen-bond donors (Lipinski definition) is 1. The van der Waals surface area contributed by atoms with Gasteiger partial charge in [0.1, 0.15) is 5.75 Å². The third kappa shape index (κ3) is 4.94. The van der Waals surface area contributed by atoms with Crippen LogP contribution in [0.3, 0.4) is 0 Å². The molecule has 1 N–H and O–H groups in total. The summed E-state index contributed by atoms with van der Waals surface area (Å²) in [6, 6.07) is 6.96. The summed E-state index contributed by atoms with van der Waals surface area (Å²) in [7, 11) is 3.19. The van der Waals surface area contributed by atoms with Crippen LogP contribution in [0.1, 0.15) is 16.8 Å². The molecule has 0 saturated carbocycles. The van der Waals surface area contributed by atoms with E-state index in [0.717, 1.165) is 5.75 Å². The number of alkyl halides is 1. The summed E-state index contributed by atoms with van der Waals surface area (Å²) >= 11 is 5.96. The first-order chi connectivity index (χ1) is 8.67. The van der Waals surface area contributed by atoms with Crippen molar-refractivity contribution in [1.82, 2.24) is 5.32 Å². The van der Waals surface area contributed by atoms with Gasteiger partial charge in [0, 0.05) is 19.2 Å². The van der Waals surface area contributed by atoms with E-state index in [-0.39, 0.29) is 11.3 Å². The molecule has 0 aliphatic carbocycles. The summed E-state index contributed by atoms with van der Waals surface area (Å²) in [6.45, 7) is 1.02. The van der Waals surface area contributed by atoms with Crippen LogP contribution in [0.15, 0.2) is 24.3 Å². The summed E-state index contributed by atoms with van der Waals surface area (Å²) in [4.78, 5) is 11.8. The minimum absolute atomic E-state index is 0.0776. The molecule has 1 atom stereocenters. The third-order valence-corrected chi connectivity index (χ3v) is 2.79. The molecule has 0 radical (unpaired) electrons. The number of methoxy groups -OCH3 is 2. The topological polar surface area (TPSA) is 47.6 Å². The molecule has 0 fully saturated rings. The van der Waals surface area contributed by atoms with Crippen LogP contribution in [0.5, 0.6) is 5.75 Å². The minimum Gasteiger partial charge on any atom is -0.497 e. The molecule has 4 nitrogen and oxygen atoms in total. The van der Waals surface area contributed by atoms with Gasteiger partial charge in [-0.15, -0.1) is 11.6 Å². The number of amides is 1. The lowest BCUT2D eigenvalue weighted by Crippen LogP contribution is -2.26. The quantitative estimate of drug-likeness (QED) is 0.773. The average molecular weight is 272 g/mol. The Morgan fingerprint density at radius 1 is 1.33 bits per heavy atom. The molecule has 1 rings (SSSR count). The highest BCUT2D eigenvalue weighted by Crippen LogP contribution is 2.11. The molecule has 0 aromatic heterocycles. The van der Waals surface area contributed by atoms with Crippen molar-refractivity contribution >= 4 is 17.5 Å². The van der Waals surface area contributed by atoms with E-state index in [0.29, 0.717) is 25.1 Å². The van der Waals surface area contributed by atoms with Gasteiger partial charge in [-0.2, -0.15) is 0 Å². The lowest BCUT2D eigenvalue weighted by atomic mass is 10.2. The zero-order valence-corrected chi connectivity index (χ0v) is 11.4. The summed E-state index contributed by atoms with van der Waals surface area (Å²) in [5.41, 5.74) is 0.605. The van der Waals surface area contributed by atoms with Gasteiger partial charge in [-0.1, -0.05) is 0 Å². The van der Waals surface area contributed by atoms with E-state index >= 15 is 0 Å². The lowest BCUT2D eigenvalue weighted by Gasteiger charge is -2.09.